The number of carbonyl (C=O) groups is 2. The van der Waals surface area contributed by atoms with Gasteiger partial charge in [0.1, 0.15) is 25.9 Å². The number of aliphatic hydroxyl groups is 1. The highest BCUT2D eigenvalue weighted by atomic mass is 17.0. The van der Waals surface area contributed by atoms with Crippen LogP contribution in [0.5, 0.6) is 0 Å². The van der Waals surface area contributed by atoms with E-state index >= 15 is 0 Å². The van der Waals surface area contributed by atoms with Crippen molar-refractivity contribution >= 4 is 12.1 Å². The third-order valence-corrected chi connectivity index (χ3v) is 3.41. The van der Waals surface area contributed by atoms with Crippen LogP contribution in [0.25, 0.3) is 0 Å². The van der Waals surface area contributed by atoms with Crippen LogP contribution in [-0.2, 0) is 33.5 Å². The standard InChI is InChI=1S/C14H24N4O15/c19-9-12(15-14(21)30-7-5-28-6-8-31-16(22)23)13(20)29-4-2-1-3-11(33-18(26)27)10-32-17(24)25/h11-12,19H,1-10H2,(H,15,21). The summed E-state index contributed by atoms with van der Waals surface area (Å²) in [4.78, 5) is 66.2. The number of nitrogens with one attached hydrogen (secondary N) is 1. The summed E-state index contributed by atoms with van der Waals surface area (Å²) >= 11 is 0. The van der Waals surface area contributed by atoms with Crippen molar-refractivity contribution in [1.29, 1.82) is 0 Å². The molecule has 0 aliphatic carbocycles. The molecular formula is C14H24N4O15. The molecule has 19 nitrogen and oxygen atoms in total. The molecule has 0 aromatic carbocycles. The maximum Gasteiger partial charge on any atom is 0.408 e. The van der Waals surface area contributed by atoms with Crippen molar-refractivity contribution in [3.63, 3.8) is 0 Å². The number of hydrogen-bond acceptors (Lipinski definition) is 15. The lowest BCUT2D eigenvalue weighted by atomic mass is 10.2. The van der Waals surface area contributed by atoms with Crippen molar-refractivity contribution in [2.45, 2.75) is 31.4 Å². The molecule has 0 aliphatic heterocycles. The van der Waals surface area contributed by atoms with Gasteiger partial charge in [0.05, 0.1) is 26.4 Å². The number of esters is 1. The average Bonchev–Trinajstić information content (AvgIpc) is 2.73. The molecule has 0 aromatic heterocycles. The second-order valence-electron chi connectivity index (χ2n) is 5.82. The van der Waals surface area contributed by atoms with E-state index in [0.29, 0.717) is 0 Å². The monoisotopic (exact) mass is 488 g/mol. The summed E-state index contributed by atoms with van der Waals surface area (Å²) in [7, 11) is 0. The van der Waals surface area contributed by atoms with Gasteiger partial charge in [-0.05, 0) is 19.3 Å². The number of aliphatic hydroxyl groups excluding tert-OH is 1. The molecule has 0 bridgehead atoms. The van der Waals surface area contributed by atoms with Crippen molar-refractivity contribution < 1.29 is 58.7 Å². The summed E-state index contributed by atoms with van der Waals surface area (Å²) in [5, 5.41) is 38.5. The Labute approximate surface area is 185 Å². The Balaban J connectivity index is 4.05. The maximum atomic E-state index is 11.9. The summed E-state index contributed by atoms with van der Waals surface area (Å²) in [6.07, 6.45) is -1.82. The number of unbranched alkanes of at least 4 members (excludes halogenated alkanes) is 1. The molecule has 0 saturated carbocycles. The number of ether oxygens (including phenoxy) is 3. The summed E-state index contributed by atoms with van der Waals surface area (Å²) in [5.74, 6) is -0.975. The topological polar surface area (TPSA) is 251 Å². The molecule has 2 atom stereocenters. The minimum atomic E-state index is -1.43. The first kappa shape index (κ1) is 29.3. The molecule has 0 saturated heterocycles. The van der Waals surface area contributed by atoms with Gasteiger partial charge in [-0.25, -0.2) is 9.59 Å². The van der Waals surface area contributed by atoms with Gasteiger partial charge in [0.15, 0.2) is 6.04 Å². The number of rotatable bonds is 20. The largest absolute Gasteiger partial charge is 0.464 e. The SMILES string of the molecule is O=C(NC(CO)C(=O)OCCCCC(CO[N+](=O)[O-])O[N+](=O)[O-])OCCOCCO[N+](=O)[O-]. The second-order valence-corrected chi connectivity index (χ2v) is 5.82. The number of alkyl carbamates (subject to hydrolysis) is 1. The van der Waals surface area contributed by atoms with Crippen LogP contribution in [0.2, 0.25) is 0 Å². The van der Waals surface area contributed by atoms with Gasteiger partial charge < -0.3 is 39.1 Å². The molecule has 19 heteroatoms. The Bertz CT molecular complexity index is 634. The summed E-state index contributed by atoms with van der Waals surface area (Å²) in [5.41, 5.74) is 0. The molecule has 33 heavy (non-hydrogen) atoms. The molecule has 1 amide bonds. The molecule has 2 unspecified atom stereocenters. The summed E-state index contributed by atoms with van der Waals surface area (Å²) in [6, 6.07) is -1.43. The van der Waals surface area contributed by atoms with Crippen molar-refractivity contribution in [2.75, 3.05) is 46.2 Å². The van der Waals surface area contributed by atoms with Gasteiger partial charge >= 0.3 is 12.1 Å². The van der Waals surface area contributed by atoms with Crippen molar-refractivity contribution in [3.8, 4) is 0 Å². The minimum Gasteiger partial charge on any atom is -0.464 e. The predicted molar refractivity (Wildman–Crippen MR) is 98.7 cm³/mol. The van der Waals surface area contributed by atoms with Gasteiger partial charge in [0.25, 0.3) is 15.3 Å². The zero-order valence-corrected chi connectivity index (χ0v) is 17.2. The molecule has 2 N–H and O–H groups in total. The molecule has 0 aromatic rings. The van der Waals surface area contributed by atoms with E-state index < -0.39 is 52.7 Å². The van der Waals surface area contributed by atoms with Gasteiger partial charge in [0.2, 0.25) is 0 Å². The zero-order chi connectivity index (χ0) is 25.1. The van der Waals surface area contributed by atoms with Crippen LogP contribution < -0.4 is 5.32 Å². The maximum absolute atomic E-state index is 11.9. The molecule has 0 heterocycles. The van der Waals surface area contributed by atoms with Gasteiger partial charge in [-0.15, -0.1) is 30.3 Å². The van der Waals surface area contributed by atoms with Crippen molar-refractivity contribution in [1.82, 2.24) is 5.32 Å². The third kappa shape index (κ3) is 17.6. The number of hydrogen-bond donors (Lipinski definition) is 2. The third-order valence-electron chi connectivity index (χ3n) is 3.41. The van der Waals surface area contributed by atoms with Gasteiger partial charge in [-0.1, -0.05) is 0 Å². The Morgan fingerprint density at radius 2 is 1.52 bits per heavy atom. The van der Waals surface area contributed by atoms with E-state index in [0.717, 1.165) is 0 Å². The fourth-order valence-electron chi connectivity index (χ4n) is 2.01. The first-order valence-corrected chi connectivity index (χ1v) is 9.30. The molecule has 0 rings (SSSR count). The second kappa shape index (κ2) is 17.9. The molecule has 0 radical (unpaired) electrons. The molecule has 190 valence electrons. The fraction of sp³-hybridized carbons (Fsp3) is 0.857. The predicted octanol–water partition coefficient (Wildman–Crippen LogP) is -1.20. The Morgan fingerprint density at radius 1 is 0.848 bits per heavy atom. The lowest BCUT2D eigenvalue weighted by molar-refractivity contribution is -0.790. The highest BCUT2D eigenvalue weighted by molar-refractivity contribution is 5.81. The van der Waals surface area contributed by atoms with Crippen molar-refractivity contribution in [3.05, 3.63) is 30.3 Å². The van der Waals surface area contributed by atoms with Crippen molar-refractivity contribution in [2.24, 2.45) is 0 Å². The zero-order valence-electron chi connectivity index (χ0n) is 17.2. The Kier molecular flexibility index (Phi) is 15.9. The van der Waals surface area contributed by atoms with Crippen LogP contribution in [-0.4, -0.2) is 90.8 Å². The molecule has 0 fully saturated rings. The Morgan fingerprint density at radius 3 is 2.12 bits per heavy atom. The van der Waals surface area contributed by atoms with E-state index in [4.69, 9.17) is 14.2 Å². The summed E-state index contributed by atoms with van der Waals surface area (Å²) < 4.78 is 14.5. The van der Waals surface area contributed by atoms with E-state index in [1.165, 1.54) is 0 Å². The first-order chi connectivity index (χ1) is 15.6. The van der Waals surface area contributed by atoms with Crippen LogP contribution in [0.4, 0.5) is 4.79 Å². The van der Waals surface area contributed by atoms with E-state index in [1.54, 1.807) is 0 Å². The minimum absolute atomic E-state index is 0.000600. The number of amides is 1. The lowest BCUT2D eigenvalue weighted by Crippen LogP contribution is -2.44. The highest BCUT2D eigenvalue weighted by Gasteiger charge is 2.22. The van der Waals surface area contributed by atoms with E-state index in [9.17, 15) is 45.0 Å². The van der Waals surface area contributed by atoms with Gasteiger partial charge in [0, 0.05) is 0 Å². The quantitative estimate of drug-likeness (QED) is 0.0882. The normalized spacial score (nSPS) is 12.0. The number of nitrogens with zero attached hydrogens (tertiary/aromatic N) is 3. The van der Waals surface area contributed by atoms with E-state index in [2.05, 4.69) is 19.8 Å². The average molecular weight is 488 g/mol. The lowest BCUT2D eigenvalue weighted by Gasteiger charge is -2.16. The van der Waals surface area contributed by atoms with Crippen LogP contribution >= 0.6 is 0 Å². The number of carbonyl (C=O) groups excluding carboxylic acids is 2. The van der Waals surface area contributed by atoms with Crippen LogP contribution in [0.15, 0.2) is 0 Å². The van der Waals surface area contributed by atoms with Gasteiger partial charge in [-0.2, -0.15) is 0 Å². The fourth-order valence-corrected chi connectivity index (χ4v) is 2.01. The highest BCUT2D eigenvalue weighted by Crippen LogP contribution is 2.07. The van der Waals surface area contributed by atoms with E-state index in [1.807, 2.05) is 0 Å². The summed E-state index contributed by atoms with van der Waals surface area (Å²) in [6.45, 7) is -2.37. The molecular weight excluding hydrogens is 464 g/mol. The molecule has 0 aliphatic rings. The van der Waals surface area contributed by atoms with Crippen LogP contribution in [0, 0.1) is 30.3 Å². The van der Waals surface area contributed by atoms with E-state index in [-0.39, 0.29) is 52.3 Å². The Hall–Kier alpha value is -3.74. The van der Waals surface area contributed by atoms with Gasteiger partial charge in [-0.3, -0.25) is 0 Å². The van der Waals surface area contributed by atoms with Crippen LogP contribution in [0.3, 0.4) is 0 Å². The smallest absolute Gasteiger partial charge is 0.408 e. The van der Waals surface area contributed by atoms with Crippen LogP contribution in [0.1, 0.15) is 19.3 Å². The first-order valence-electron chi connectivity index (χ1n) is 9.30. The molecule has 0 spiro atoms.